The van der Waals surface area contributed by atoms with Gasteiger partial charge in [-0.2, -0.15) is 26.3 Å². The van der Waals surface area contributed by atoms with Gasteiger partial charge in [0.2, 0.25) is 0 Å². The number of hydrogen-bond donors (Lipinski definition) is 0. The van der Waals surface area contributed by atoms with Crippen LogP contribution < -0.4 is 14.5 Å². The van der Waals surface area contributed by atoms with Gasteiger partial charge in [-0.25, -0.2) is 0 Å². The maximum absolute atomic E-state index is 14.4. The average Bonchev–Trinajstić information content (AvgIpc) is 3.08. The van der Waals surface area contributed by atoms with E-state index >= 15 is 0 Å². The van der Waals surface area contributed by atoms with Gasteiger partial charge in [0, 0.05) is 20.9 Å². The van der Waals surface area contributed by atoms with Crippen LogP contribution in [0.15, 0.2) is 143 Å². The molecule has 238 valence electrons. The number of nitrogens with zero attached hydrogens (tertiary/aromatic N) is 2. The molecule has 48 heavy (non-hydrogen) atoms. The Morgan fingerprint density at radius 1 is 0.417 bits per heavy atom. The second-order valence-corrected chi connectivity index (χ2v) is 12.3. The van der Waals surface area contributed by atoms with Crippen molar-refractivity contribution in [1.82, 2.24) is 0 Å². The smallest absolute Gasteiger partial charge is 0.416 e. The third kappa shape index (κ3) is 5.04. The van der Waals surface area contributed by atoms with Crippen molar-refractivity contribution in [1.29, 1.82) is 0 Å². The second-order valence-electron chi connectivity index (χ2n) is 11.2. The maximum Gasteiger partial charge on any atom is 0.416 e. The lowest BCUT2D eigenvalue weighted by Gasteiger charge is -2.36. The molecule has 0 spiro atoms. The minimum Gasteiger partial charge on any atom is -0.453 e. The molecule has 0 fully saturated rings. The Balaban J connectivity index is 1.46. The highest BCUT2D eigenvalue weighted by molar-refractivity contribution is 7.99. The maximum atomic E-state index is 14.4. The van der Waals surface area contributed by atoms with Crippen molar-refractivity contribution in [2.24, 2.45) is 0 Å². The van der Waals surface area contributed by atoms with Gasteiger partial charge < -0.3 is 14.5 Å². The molecule has 0 N–H and O–H groups in total. The van der Waals surface area contributed by atoms with E-state index in [0.717, 1.165) is 34.1 Å². The predicted octanol–water partition coefficient (Wildman–Crippen LogP) is 12.9. The monoisotopic (exact) mass is 668 g/mol. The van der Waals surface area contributed by atoms with Crippen LogP contribution in [-0.2, 0) is 12.4 Å². The fourth-order valence-corrected chi connectivity index (χ4v) is 7.23. The molecule has 6 aromatic rings. The standard InChI is InChI=1S/C38H22F6N2OS/c39-37(40,41)23-17-19-27(45-29-9-1-5-13-33(29)47-34-14-6-2-10-30(34)45)25(21-23)26-22-24(38(42,43)44)18-20-28(26)46-31-11-3-7-15-35(31)48-36-16-8-4-12-32(36)46/h1-22H. The summed E-state index contributed by atoms with van der Waals surface area (Å²) in [5.74, 6) is 0.893. The molecule has 2 aliphatic heterocycles. The van der Waals surface area contributed by atoms with Crippen LogP contribution in [0, 0.1) is 0 Å². The van der Waals surface area contributed by atoms with Crippen LogP contribution in [0.2, 0.25) is 0 Å². The molecule has 0 aliphatic carbocycles. The van der Waals surface area contributed by atoms with Gasteiger partial charge in [0.1, 0.15) is 0 Å². The number of anilines is 6. The summed E-state index contributed by atoms with van der Waals surface area (Å²) in [7, 11) is 0. The van der Waals surface area contributed by atoms with Crippen LogP contribution in [0.1, 0.15) is 11.1 Å². The summed E-state index contributed by atoms with van der Waals surface area (Å²) < 4.78 is 92.7. The molecule has 0 saturated heterocycles. The zero-order chi connectivity index (χ0) is 33.2. The van der Waals surface area contributed by atoms with E-state index < -0.39 is 23.5 Å². The molecule has 0 bridgehead atoms. The molecule has 0 unspecified atom stereocenters. The van der Waals surface area contributed by atoms with Crippen LogP contribution in [0.3, 0.4) is 0 Å². The van der Waals surface area contributed by atoms with Gasteiger partial charge >= 0.3 is 12.4 Å². The largest absolute Gasteiger partial charge is 0.453 e. The fourth-order valence-electron chi connectivity index (χ4n) is 6.17. The van der Waals surface area contributed by atoms with E-state index in [9.17, 15) is 26.3 Å². The summed E-state index contributed by atoms with van der Waals surface area (Å²) in [5.41, 5.74) is 0.935. The van der Waals surface area contributed by atoms with E-state index in [4.69, 9.17) is 4.74 Å². The lowest BCUT2D eigenvalue weighted by Crippen LogP contribution is -2.19. The van der Waals surface area contributed by atoms with Crippen molar-refractivity contribution >= 4 is 45.9 Å². The summed E-state index contributed by atoms with van der Waals surface area (Å²) >= 11 is 1.51. The van der Waals surface area contributed by atoms with Crippen molar-refractivity contribution in [3.05, 3.63) is 145 Å². The summed E-state index contributed by atoms with van der Waals surface area (Å²) in [6.45, 7) is 0. The zero-order valence-electron chi connectivity index (χ0n) is 24.7. The van der Waals surface area contributed by atoms with Crippen LogP contribution in [-0.4, -0.2) is 0 Å². The minimum absolute atomic E-state index is 0.0242. The number of fused-ring (bicyclic) bond motifs is 4. The Morgan fingerprint density at radius 3 is 1.23 bits per heavy atom. The van der Waals surface area contributed by atoms with E-state index in [1.165, 1.54) is 23.9 Å². The highest BCUT2D eigenvalue weighted by atomic mass is 32.2. The van der Waals surface area contributed by atoms with Gasteiger partial charge in [-0.1, -0.05) is 60.3 Å². The number of rotatable bonds is 3. The van der Waals surface area contributed by atoms with Gasteiger partial charge in [-0.15, -0.1) is 0 Å². The van der Waals surface area contributed by atoms with Crippen LogP contribution >= 0.6 is 11.8 Å². The topological polar surface area (TPSA) is 15.7 Å². The summed E-state index contributed by atoms with van der Waals surface area (Å²) in [4.78, 5) is 5.26. The Labute approximate surface area is 275 Å². The third-order valence-electron chi connectivity index (χ3n) is 8.28. The Bertz CT molecular complexity index is 1970. The van der Waals surface area contributed by atoms with E-state index in [1.54, 1.807) is 53.4 Å². The third-order valence-corrected chi connectivity index (χ3v) is 9.41. The van der Waals surface area contributed by atoms with Crippen molar-refractivity contribution in [3.8, 4) is 22.6 Å². The van der Waals surface area contributed by atoms with Gasteiger partial charge in [-0.3, -0.25) is 0 Å². The van der Waals surface area contributed by atoms with Crippen LogP contribution in [0.5, 0.6) is 11.5 Å². The number of ether oxygens (including phenoxy) is 1. The number of para-hydroxylation sites is 6. The normalized spacial score (nSPS) is 13.6. The van der Waals surface area contributed by atoms with Crippen LogP contribution in [0.25, 0.3) is 11.1 Å². The molecular weight excluding hydrogens is 646 g/mol. The second kappa shape index (κ2) is 11.1. The Morgan fingerprint density at radius 2 is 0.792 bits per heavy atom. The lowest BCUT2D eigenvalue weighted by molar-refractivity contribution is -0.138. The highest BCUT2D eigenvalue weighted by Crippen LogP contribution is 2.57. The van der Waals surface area contributed by atoms with Gasteiger partial charge in [-0.05, 0) is 84.9 Å². The first-order valence-corrected chi connectivity index (χ1v) is 15.6. The Kier molecular flexibility index (Phi) is 6.96. The average molecular weight is 669 g/mol. The zero-order valence-corrected chi connectivity index (χ0v) is 25.5. The van der Waals surface area contributed by atoms with Crippen molar-refractivity contribution in [2.45, 2.75) is 22.1 Å². The quantitative estimate of drug-likeness (QED) is 0.174. The molecule has 0 amide bonds. The number of benzene rings is 6. The van der Waals surface area contributed by atoms with Gasteiger partial charge in [0.25, 0.3) is 0 Å². The molecule has 3 nitrogen and oxygen atoms in total. The molecule has 0 atom stereocenters. The molecule has 8 rings (SSSR count). The molecule has 0 aromatic heterocycles. The van der Waals surface area contributed by atoms with Crippen molar-refractivity contribution in [2.75, 3.05) is 9.80 Å². The molecule has 6 aromatic carbocycles. The predicted molar refractivity (Wildman–Crippen MR) is 175 cm³/mol. The first kappa shape index (κ1) is 30.0. The summed E-state index contributed by atoms with van der Waals surface area (Å²) in [6.07, 6.45) is -9.53. The summed E-state index contributed by atoms with van der Waals surface area (Å²) in [6, 6.07) is 35.4. The first-order valence-electron chi connectivity index (χ1n) is 14.8. The van der Waals surface area contributed by atoms with Gasteiger partial charge in [0.15, 0.2) is 11.5 Å². The van der Waals surface area contributed by atoms with Gasteiger partial charge in [0.05, 0.1) is 45.3 Å². The van der Waals surface area contributed by atoms with E-state index in [-0.39, 0.29) is 16.8 Å². The molecular formula is C38H22F6N2OS. The first-order chi connectivity index (χ1) is 23.1. The minimum atomic E-state index is -4.77. The molecule has 10 heteroatoms. The fraction of sp³-hybridized carbons (Fsp3) is 0.0526. The number of halogens is 6. The molecule has 2 heterocycles. The molecule has 0 saturated carbocycles. The molecule has 0 radical (unpaired) electrons. The van der Waals surface area contributed by atoms with Crippen molar-refractivity contribution < 1.29 is 31.1 Å². The summed E-state index contributed by atoms with van der Waals surface area (Å²) in [5, 5.41) is 0. The van der Waals surface area contributed by atoms with Crippen LogP contribution in [0.4, 0.5) is 60.5 Å². The van der Waals surface area contributed by atoms with Crippen molar-refractivity contribution in [3.63, 3.8) is 0 Å². The van der Waals surface area contributed by atoms with E-state index in [2.05, 4.69) is 0 Å². The van der Waals surface area contributed by atoms with E-state index in [0.29, 0.717) is 39.9 Å². The SMILES string of the molecule is FC(F)(F)c1ccc(N2c3ccccc3Oc3ccccc32)c(-c2cc(C(F)(F)F)ccc2N2c3ccccc3Sc3ccccc32)c1. The number of alkyl halides is 6. The Hall–Kier alpha value is -5.35. The van der Waals surface area contributed by atoms with E-state index in [1.807, 2.05) is 53.4 Å². The number of hydrogen-bond acceptors (Lipinski definition) is 4. The molecule has 2 aliphatic rings. The lowest BCUT2D eigenvalue weighted by atomic mass is 9.94. The highest BCUT2D eigenvalue weighted by Gasteiger charge is 2.37.